The van der Waals surface area contributed by atoms with Crippen molar-refractivity contribution in [2.75, 3.05) is 0 Å². The van der Waals surface area contributed by atoms with E-state index in [1.54, 1.807) is 25.1 Å². The quantitative estimate of drug-likeness (QED) is 0.514. The van der Waals surface area contributed by atoms with Gasteiger partial charge >= 0.3 is 0 Å². The highest BCUT2D eigenvalue weighted by molar-refractivity contribution is 6.02. The molecule has 0 aliphatic rings. The zero-order valence-electron chi connectivity index (χ0n) is 11.7. The second-order valence-electron chi connectivity index (χ2n) is 4.46. The molecule has 112 valence electrons. The third-order valence-electron chi connectivity index (χ3n) is 2.96. The molecule has 0 saturated heterocycles. The molecule has 0 atom stereocenters. The van der Waals surface area contributed by atoms with E-state index in [0.29, 0.717) is 11.3 Å². The molecule has 2 N–H and O–H groups in total. The van der Waals surface area contributed by atoms with Gasteiger partial charge in [0.1, 0.15) is 5.75 Å². The van der Waals surface area contributed by atoms with E-state index >= 15 is 0 Å². The molecule has 0 bridgehead atoms. The molecule has 0 unspecified atom stereocenters. The van der Waals surface area contributed by atoms with Gasteiger partial charge in [0.15, 0.2) is 0 Å². The first-order valence-electron chi connectivity index (χ1n) is 6.36. The van der Waals surface area contributed by atoms with E-state index in [1.165, 1.54) is 30.3 Å². The number of phenolic OH excluding ortho intramolecular Hbond substituents is 1. The molecule has 2 aromatic rings. The van der Waals surface area contributed by atoms with Gasteiger partial charge in [-0.3, -0.25) is 14.9 Å². The van der Waals surface area contributed by atoms with Gasteiger partial charge in [0, 0.05) is 23.3 Å². The lowest BCUT2D eigenvalue weighted by Gasteiger charge is -2.04. The Kier molecular flexibility index (Phi) is 4.47. The molecular formula is C15H13N3O4. The lowest BCUT2D eigenvalue weighted by molar-refractivity contribution is -0.384. The fraction of sp³-hybridized carbons (Fsp3) is 0.0667. The normalized spacial score (nSPS) is 11.0. The van der Waals surface area contributed by atoms with Crippen molar-refractivity contribution in [2.45, 2.75) is 6.92 Å². The van der Waals surface area contributed by atoms with Crippen LogP contribution in [0.1, 0.15) is 22.8 Å². The van der Waals surface area contributed by atoms with Gasteiger partial charge in [-0.05, 0) is 31.2 Å². The van der Waals surface area contributed by atoms with Crippen LogP contribution in [0.25, 0.3) is 0 Å². The van der Waals surface area contributed by atoms with Crippen molar-refractivity contribution >= 4 is 17.3 Å². The van der Waals surface area contributed by atoms with E-state index in [-0.39, 0.29) is 17.0 Å². The molecule has 1 amide bonds. The Hall–Kier alpha value is -3.22. The predicted octanol–water partition coefficient (Wildman–Crippen LogP) is 2.45. The van der Waals surface area contributed by atoms with Crippen molar-refractivity contribution in [3.05, 3.63) is 69.8 Å². The third kappa shape index (κ3) is 3.45. The van der Waals surface area contributed by atoms with Gasteiger partial charge in [0.05, 0.1) is 10.6 Å². The van der Waals surface area contributed by atoms with E-state index in [0.717, 1.165) is 0 Å². The Labute approximate surface area is 126 Å². The molecule has 0 saturated carbocycles. The van der Waals surface area contributed by atoms with Crippen molar-refractivity contribution in [3.63, 3.8) is 0 Å². The number of hydrazone groups is 1. The van der Waals surface area contributed by atoms with Crippen LogP contribution in [0.3, 0.4) is 0 Å². The summed E-state index contributed by atoms with van der Waals surface area (Å²) in [6, 6.07) is 11.8. The van der Waals surface area contributed by atoms with Gasteiger partial charge < -0.3 is 5.11 Å². The fourth-order valence-corrected chi connectivity index (χ4v) is 1.77. The van der Waals surface area contributed by atoms with E-state index in [4.69, 9.17) is 0 Å². The van der Waals surface area contributed by atoms with Gasteiger partial charge in [-0.1, -0.05) is 12.1 Å². The molecule has 0 radical (unpaired) electrons. The van der Waals surface area contributed by atoms with Crippen LogP contribution in [0.2, 0.25) is 0 Å². The Morgan fingerprint density at radius 3 is 2.41 bits per heavy atom. The van der Waals surface area contributed by atoms with Crippen molar-refractivity contribution in [3.8, 4) is 5.75 Å². The van der Waals surface area contributed by atoms with E-state index < -0.39 is 10.8 Å². The Bertz CT molecular complexity index is 739. The number of nitro benzene ring substituents is 1. The molecule has 0 aliphatic carbocycles. The Balaban J connectivity index is 2.10. The smallest absolute Gasteiger partial charge is 0.271 e. The largest absolute Gasteiger partial charge is 0.507 e. The summed E-state index contributed by atoms with van der Waals surface area (Å²) in [5.74, 6) is -0.432. The minimum absolute atomic E-state index is 0.0633. The number of nitrogens with zero attached hydrogens (tertiary/aromatic N) is 2. The van der Waals surface area contributed by atoms with E-state index in [1.807, 2.05) is 0 Å². The van der Waals surface area contributed by atoms with Crippen LogP contribution in [0.4, 0.5) is 5.69 Å². The zero-order chi connectivity index (χ0) is 16.1. The van der Waals surface area contributed by atoms with Gasteiger partial charge in [-0.2, -0.15) is 5.10 Å². The number of amides is 1. The predicted molar refractivity (Wildman–Crippen MR) is 80.9 cm³/mol. The van der Waals surface area contributed by atoms with Gasteiger partial charge in [-0.15, -0.1) is 0 Å². The maximum absolute atomic E-state index is 11.9. The average molecular weight is 299 g/mol. The zero-order valence-corrected chi connectivity index (χ0v) is 11.7. The lowest BCUT2D eigenvalue weighted by Crippen LogP contribution is -2.19. The molecule has 7 nitrogen and oxygen atoms in total. The summed E-state index contributed by atoms with van der Waals surface area (Å²) in [7, 11) is 0. The Morgan fingerprint density at radius 2 is 1.82 bits per heavy atom. The molecule has 0 spiro atoms. The van der Waals surface area contributed by atoms with Crippen LogP contribution in [0.15, 0.2) is 53.6 Å². The number of carbonyl (C=O) groups is 1. The van der Waals surface area contributed by atoms with Crippen LogP contribution in [-0.2, 0) is 0 Å². The number of nitro groups is 1. The molecule has 2 aromatic carbocycles. The maximum Gasteiger partial charge on any atom is 0.271 e. The van der Waals surface area contributed by atoms with Crippen LogP contribution in [0.5, 0.6) is 5.75 Å². The molecule has 2 rings (SSSR count). The SMILES string of the molecule is CC(=NNC(=O)c1ccc([N+](=O)[O-])cc1)c1ccccc1O. The molecule has 0 aromatic heterocycles. The molecule has 0 heterocycles. The minimum Gasteiger partial charge on any atom is -0.507 e. The minimum atomic E-state index is -0.540. The van der Waals surface area contributed by atoms with Crippen LogP contribution in [0, 0.1) is 10.1 Å². The third-order valence-corrected chi connectivity index (χ3v) is 2.96. The maximum atomic E-state index is 11.9. The monoisotopic (exact) mass is 299 g/mol. The number of benzene rings is 2. The number of rotatable bonds is 4. The number of hydrogen-bond acceptors (Lipinski definition) is 5. The number of non-ortho nitro benzene ring substituents is 1. The summed E-state index contributed by atoms with van der Waals surface area (Å²) < 4.78 is 0. The summed E-state index contributed by atoms with van der Waals surface area (Å²) in [5.41, 5.74) is 3.44. The number of hydrogen-bond donors (Lipinski definition) is 2. The van der Waals surface area contributed by atoms with Gasteiger partial charge in [0.2, 0.25) is 0 Å². The number of nitrogens with one attached hydrogen (secondary N) is 1. The second kappa shape index (κ2) is 6.49. The summed E-state index contributed by atoms with van der Waals surface area (Å²) >= 11 is 0. The summed E-state index contributed by atoms with van der Waals surface area (Å²) in [6.07, 6.45) is 0. The number of aromatic hydroxyl groups is 1. The summed E-state index contributed by atoms with van der Waals surface area (Å²) in [6.45, 7) is 1.64. The molecule has 0 fully saturated rings. The lowest BCUT2D eigenvalue weighted by atomic mass is 10.1. The highest BCUT2D eigenvalue weighted by Gasteiger charge is 2.09. The molecule has 7 heteroatoms. The van der Waals surface area contributed by atoms with Crippen molar-refractivity contribution in [2.24, 2.45) is 5.10 Å². The second-order valence-corrected chi connectivity index (χ2v) is 4.46. The number of carbonyl (C=O) groups excluding carboxylic acids is 1. The summed E-state index contributed by atoms with van der Waals surface area (Å²) in [4.78, 5) is 21.9. The van der Waals surface area contributed by atoms with Crippen molar-refractivity contribution in [1.82, 2.24) is 5.43 Å². The van der Waals surface area contributed by atoms with Crippen LogP contribution in [-0.4, -0.2) is 21.6 Å². The number of phenols is 1. The molecule has 0 aliphatic heterocycles. The Morgan fingerprint density at radius 1 is 1.18 bits per heavy atom. The van der Waals surface area contributed by atoms with E-state index in [2.05, 4.69) is 10.5 Å². The first kappa shape index (κ1) is 15.2. The van der Waals surface area contributed by atoms with Crippen molar-refractivity contribution < 1.29 is 14.8 Å². The number of para-hydroxylation sites is 1. The first-order valence-corrected chi connectivity index (χ1v) is 6.36. The van der Waals surface area contributed by atoms with Gasteiger partial charge in [-0.25, -0.2) is 5.43 Å². The van der Waals surface area contributed by atoms with Crippen LogP contribution < -0.4 is 5.43 Å². The first-order chi connectivity index (χ1) is 10.5. The standard InChI is InChI=1S/C15H13N3O4/c1-10(13-4-2-3-5-14(13)19)16-17-15(20)11-6-8-12(9-7-11)18(21)22/h2-9,19H,1H3,(H,17,20). The highest BCUT2D eigenvalue weighted by Crippen LogP contribution is 2.16. The van der Waals surface area contributed by atoms with E-state index in [9.17, 15) is 20.0 Å². The molecule has 22 heavy (non-hydrogen) atoms. The topological polar surface area (TPSA) is 105 Å². The molecular weight excluding hydrogens is 286 g/mol. The fourth-order valence-electron chi connectivity index (χ4n) is 1.77. The van der Waals surface area contributed by atoms with Gasteiger partial charge in [0.25, 0.3) is 11.6 Å². The highest BCUT2D eigenvalue weighted by atomic mass is 16.6. The summed E-state index contributed by atoms with van der Waals surface area (Å²) in [5, 5.41) is 24.1. The van der Waals surface area contributed by atoms with Crippen molar-refractivity contribution in [1.29, 1.82) is 0 Å². The average Bonchev–Trinajstić information content (AvgIpc) is 2.52. The van der Waals surface area contributed by atoms with Crippen LogP contribution >= 0.6 is 0 Å².